The van der Waals surface area contributed by atoms with Gasteiger partial charge in [0.15, 0.2) is 0 Å². The number of hydrogen-bond acceptors (Lipinski definition) is 3. The van der Waals surface area contributed by atoms with Gasteiger partial charge in [0.05, 0.1) is 15.2 Å². The van der Waals surface area contributed by atoms with Crippen LogP contribution >= 0.6 is 43.5 Å². The number of halogens is 3. The average Bonchev–Trinajstić information content (AvgIpc) is 2.35. The van der Waals surface area contributed by atoms with Gasteiger partial charge < -0.3 is 10.5 Å². The van der Waals surface area contributed by atoms with Gasteiger partial charge in [-0.2, -0.15) is 0 Å². The Morgan fingerprint density at radius 1 is 1.22 bits per heavy atom. The molecule has 94 valence electrons. The molecule has 1 aromatic carbocycles. The van der Waals surface area contributed by atoms with Crippen molar-refractivity contribution in [2.24, 2.45) is 5.73 Å². The standard InChI is InChI=1S/C12H9Br2ClN2O/c13-7-1-3-11(8(14)5-7)18-12-4-2-9(15)10(6-16)17-12/h1-5H,6,16H2. The van der Waals surface area contributed by atoms with Crippen LogP contribution in [0.1, 0.15) is 5.69 Å². The van der Waals surface area contributed by atoms with Crippen LogP contribution in [0.25, 0.3) is 0 Å². The van der Waals surface area contributed by atoms with E-state index in [2.05, 4.69) is 36.8 Å². The lowest BCUT2D eigenvalue weighted by Gasteiger charge is -2.08. The van der Waals surface area contributed by atoms with E-state index < -0.39 is 0 Å². The smallest absolute Gasteiger partial charge is 0.219 e. The van der Waals surface area contributed by atoms with Crippen molar-refractivity contribution in [2.45, 2.75) is 6.54 Å². The summed E-state index contributed by atoms with van der Waals surface area (Å²) in [6.45, 7) is 0.275. The number of rotatable bonds is 3. The second kappa shape index (κ2) is 6.02. The van der Waals surface area contributed by atoms with Gasteiger partial charge in [0, 0.05) is 17.1 Å². The Morgan fingerprint density at radius 3 is 2.67 bits per heavy atom. The number of aromatic nitrogens is 1. The first-order valence-corrected chi connectivity index (χ1v) is 7.05. The number of benzene rings is 1. The fraction of sp³-hybridized carbons (Fsp3) is 0.0833. The maximum Gasteiger partial charge on any atom is 0.219 e. The minimum absolute atomic E-state index is 0.275. The molecule has 0 fully saturated rings. The molecule has 0 saturated carbocycles. The first-order valence-electron chi connectivity index (χ1n) is 5.08. The van der Waals surface area contributed by atoms with Crippen molar-refractivity contribution in [1.82, 2.24) is 4.98 Å². The molecule has 2 rings (SSSR count). The number of hydrogen-bond donors (Lipinski definition) is 1. The SMILES string of the molecule is NCc1nc(Oc2ccc(Br)cc2Br)ccc1Cl. The summed E-state index contributed by atoms with van der Waals surface area (Å²) >= 11 is 12.7. The van der Waals surface area contributed by atoms with Crippen molar-refractivity contribution in [3.05, 3.63) is 50.0 Å². The van der Waals surface area contributed by atoms with Crippen LogP contribution in [0.3, 0.4) is 0 Å². The molecular formula is C12H9Br2ClN2O. The summed E-state index contributed by atoms with van der Waals surface area (Å²) in [4.78, 5) is 4.24. The quantitative estimate of drug-likeness (QED) is 0.836. The lowest BCUT2D eigenvalue weighted by atomic mass is 10.3. The van der Waals surface area contributed by atoms with Crippen LogP contribution in [0.2, 0.25) is 5.02 Å². The highest BCUT2D eigenvalue weighted by molar-refractivity contribution is 9.11. The van der Waals surface area contributed by atoms with Crippen LogP contribution in [0.15, 0.2) is 39.3 Å². The maximum absolute atomic E-state index is 5.94. The minimum Gasteiger partial charge on any atom is -0.438 e. The Morgan fingerprint density at radius 2 is 2.00 bits per heavy atom. The van der Waals surface area contributed by atoms with Gasteiger partial charge in [-0.3, -0.25) is 0 Å². The Hall–Kier alpha value is -0.620. The van der Waals surface area contributed by atoms with E-state index >= 15 is 0 Å². The van der Waals surface area contributed by atoms with Gasteiger partial charge in [-0.15, -0.1) is 0 Å². The third kappa shape index (κ3) is 3.23. The van der Waals surface area contributed by atoms with Crippen LogP contribution in [0.5, 0.6) is 11.6 Å². The van der Waals surface area contributed by atoms with Crippen LogP contribution in [-0.2, 0) is 6.54 Å². The molecule has 0 unspecified atom stereocenters. The molecule has 0 saturated heterocycles. The third-order valence-corrected chi connectivity index (χ3v) is 3.65. The Balaban J connectivity index is 2.28. The van der Waals surface area contributed by atoms with Crippen molar-refractivity contribution in [1.29, 1.82) is 0 Å². The van der Waals surface area contributed by atoms with E-state index in [-0.39, 0.29) is 6.54 Å². The van der Waals surface area contributed by atoms with Gasteiger partial charge in [0.1, 0.15) is 5.75 Å². The first-order chi connectivity index (χ1) is 8.60. The molecule has 0 radical (unpaired) electrons. The molecule has 6 heteroatoms. The molecule has 2 N–H and O–H groups in total. The zero-order valence-corrected chi connectivity index (χ0v) is 13.1. The van der Waals surface area contributed by atoms with E-state index in [9.17, 15) is 0 Å². The van der Waals surface area contributed by atoms with E-state index in [1.54, 1.807) is 12.1 Å². The van der Waals surface area contributed by atoms with E-state index in [0.717, 1.165) is 8.95 Å². The minimum atomic E-state index is 0.275. The molecule has 0 amide bonds. The first kappa shape index (κ1) is 13.8. The van der Waals surface area contributed by atoms with Gasteiger partial charge in [0.2, 0.25) is 5.88 Å². The zero-order valence-electron chi connectivity index (χ0n) is 9.16. The summed E-state index contributed by atoms with van der Waals surface area (Å²) in [5.74, 6) is 1.14. The molecule has 0 spiro atoms. The molecular weight excluding hydrogens is 383 g/mol. The molecule has 0 aliphatic heterocycles. The van der Waals surface area contributed by atoms with Crippen molar-refractivity contribution >= 4 is 43.5 Å². The summed E-state index contributed by atoms with van der Waals surface area (Å²) in [6, 6.07) is 9.05. The van der Waals surface area contributed by atoms with Gasteiger partial charge in [0.25, 0.3) is 0 Å². The van der Waals surface area contributed by atoms with E-state index in [4.69, 9.17) is 22.1 Å². The van der Waals surface area contributed by atoms with Crippen LogP contribution in [0, 0.1) is 0 Å². The summed E-state index contributed by atoms with van der Waals surface area (Å²) in [5, 5.41) is 0.541. The Bertz CT molecular complexity index is 578. The lowest BCUT2D eigenvalue weighted by molar-refractivity contribution is 0.458. The molecule has 2 aromatic rings. The van der Waals surface area contributed by atoms with Crippen LogP contribution in [0.4, 0.5) is 0 Å². The fourth-order valence-corrected chi connectivity index (χ4v) is 2.65. The van der Waals surface area contributed by atoms with E-state index in [0.29, 0.717) is 22.3 Å². The molecule has 0 atom stereocenters. The second-order valence-electron chi connectivity index (χ2n) is 3.46. The van der Waals surface area contributed by atoms with Gasteiger partial charge >= 0.3 is 0 Å². The molecule has 3 nitrogen and oxygen atoms in total. The number of ether oxygens (including phenoxy) is 1. The highest BCUT2D eigenvalue weighted by atomic mass is 79.9. The van der Waals surface area contributed by atoms with Gasteiger partial charge in [-0.25, -0.2) is 4.98 Å². The predicted octanol–water partition coefficient (Wildman–Crippen LogP) is 4.51. The van der Waals surface area contributed by atoms with Crippen LogP contribution in [-0.4, -0.2) is 4.98 Å². The highest BCUT2D eigenvalue weighted by Gasteiger charge is 2.07. The average molecular weight is 392 g/mol. The molecule has 0 aliphatic rings. The largest absolute Gasteiger partial charge is 0.438 e. The molecule has 1 aromatic heterocycles. The zero-order chi connectivity index (χ0) is 13.1. The normalized spacial score (nSPS) is 10.4. The number of nitrogens with zero attached hydrogens (tertiary/aromatic N) is 1. The summed E-state index contributed by atoms with van der Waals surface area (Å²) in [6.07, 6.45) is 0. The summed E-state index contributed by atoms with van der Waals surface area (Å²) < 4.78 is 7.47. The molecule has 18 heavy (non-hydrogen) atoms. The lowest BCUT2D eigenvalue weighted by Crippen LogP contribution is -2.01. The maximum atomic E-state index is 5.94. The summed E-state index contributed by atoms with van der Waals surface area (Å²) in [7, 11) is 0. The van der Waals surface area contributed by atoms with E-state index in [1.165, 1.54) is 0 Å². The highest BCUT2D eigenvalue weighted by Crippen LogP contribution is 2.31. The molecule has 0 bridgehead atoms. The van der Waals surface area contributed by atoms with E-state index in [1.807, 2.05) is 18.2 Å². The van der Waals surface area contributed by atoms with Crippen LogP contribution < -0.4 is 10.5 Å². The Labute approximate surface area is 127 Å². The molecule has 0 aliphatic carbocycles. The third-order valence-electron chi connectivity index (χ3n) is 2.19. The Kier molecular flexibility index (Phi) is 4.61. The second-order valence-corrected chi connectivity index (χ2v) is 5.64. The number of pyridine rings is 1. The predicted molar refractivity (Wildman–Crippen MR) is 79.1 cm³/mol. The van der Waals surface area contributed by atoms with Gasteiger partial charge in [-0.05, 0) is 40.2 Å². The monoisotopic (exact) mass is 390 g/mol. The number of nitrogens with two attached hydrogens (primary N) is 1. The summed E-state index contributed by atoms with van der Waals surface area (Å²) in [5.41, 5.74) is 6.16. The molecule has 1 heterocycles. The van der Waals surface area contributed by atoms with Gasteiger partial charge in [-0.1, -0.05) is 27.5 Å². The van der Waals surface area contributed by atoms with Crippen molar-refractivity contribution < 1.29 is 4.74 Å². The topological polar surface area (TPSA) is 48.1 Å². The fourth-order valence-electron chi connectivity index (χ4n) is 1.33. The van der Waals surface area contributed by atoms with Crippen molar-refractivity contribution in [3.63, 3.8) is 0 Å². The van der Waals surface area contributed by atoms with Crippen molar-refractivity contribution in [2.75, 3.05) is 0 Å². The van der Waals surface area contributed by atoms with Crippen molar-refractivity contribution in [3.8, 4) is 11.6 Å².